The van der Waals surface area contributed by atoms with Gasteiger partial charge in [0, 0.05) is 0 Å². The lowest BCUT2D eigenvalue weighted by Crippen LogP contribution is -1.89. The summed E-state index contributed by atoms with van der Waals surface area (Å²) in [6.07, 6.45) is 5.67. The second kappa shape index (κ2) is 4.27. The van der Waals surface area contributed by atoms with Crippen molar-refractivity contribution in [2.45, 2.75) is 31.6 Å². The molecule has 0 heterocycles. The van der Waals surface area contributed by atoms with E-state index in [4.69, 9.17) is 0 Å². The fraction of sp³-hybridized carbons (Fsp3) is 0.455. The Morgan fingerprint density at radius 1 is 0.917 bits per heavy atom. The second-order valence-corrected chi connectivity index (χ2v) is 3.39. The monoisotopic (exact) mass is 163 g/mol. The standard InChI is InChI=1S/C11H14.H3N/c1-2-6-10(7-3-1)11-8-4-5-9-11;/h1-3,6-7,11H,4-5,8-9H2;1H3. The molecule has 1 saturated carbocycles. The summed E-state index contributed by atoms with van der Waals surface area (Å²) in [6.45, 7) is 0. The molecule has 1 aliphatic rings. The van der Waals surface area contributed by atoms with Gasteiger partial charge in [-0.1, -0.05) is 43.2 Å². The first kappa shape index (κ1) is 9.27. The summed E-state index contributed by atoms with van der Waals surface area (Å²) in [6, 6.07) is 10.9. The van der Waals surface area contributed by atoms with Crippen molar-refractivity contribution < 1.29 is 0 Å². The van der Waals surface area contributed by atoms with Crippen molar-refractivity contribution in [2.24, 2.45) is 0 Å². The highest BCUT2D eigenvalue weighted by atomic mass is 14.2. The number of hydrogen-bond donors (Lipinski definition) is 1. The first-order chi connectivity index (χ1) is 5.47. The highest BCUT2D eigenvalue weighted by molar-refractivity contribution is 5.19. The molecule has 1 aromatic carbocycles. The van der Waals surface area contributed by atoms with Crippen molar-refractivity contribution in [2.75, 3.05) is 0 Å². The minimum atomic E-state index is 0. The first-order valence-corrected chi connectivity index (χ1v) is 4.52. The predicted molar refractivity (Wildman–Crippen MR) is 52.7 cm³/mol. The van der Waals surface area contributed by atoms with Crippen LogP contribution in [-0.4, -0.2) is 0 Å². The van der Waals surface area contributed by atoms with Crippen molar-refractivity contribution in [1.29, 1.82) is 0 Å². The summed E-state index contributed by atoms with van der Waals surface area (Å²) in [5.74, 6) is 0.871. The van der Waals surface area contributed by atoms with Crippen molar-refractivity contribution in [3.8, 4) is 0 Å². The van der Waals surface area contributed by atoms with E-state index in [9.17, 15) is 0 Å². The zero-order chi connectivity index (χ0) is 7.52. The summed E-state index contributed by atoms with van der Waals surface area (Å²) >= 11 is 0. The van der Waals surface area contributed by atoms with Crippen molar-refractivity contribution in [3.63, 3.8) is 0 Å². The molecule has 12 heavy (non-hydrogen) atoms. The lowest BCUT2D eigenvalue weighted by Gasteiger charge is -2.07. The van der Waals surface area contributed by atoms with Gasteiger partial charge in [-0.25, -0.2) is 0 Å². The molecular formula is C11H17N. The summed E-state index contributed by atoms with van der Waals surface area (Å²) in [7, 11) is 0. The lowest BCUT2D eigenvalue weighted by atomic mass is 9.98. The molecule has 2 rings (SSSR count). The van der Waals surface area contributed by atoms with Crippen LogP contribution in [0.15, 0.2) is 30.3 Å². The third-order valence-corrected chi connectivity index (χ3v) is 2.63. The van der Waals surface area contributed by atoms with Gasteiger partial charge < -0.3 is 6.15 Å². The maximum absolute atomic E-state index is 2.26. The summed E-state index contributed by atoms with van der Waals surface area (Å²) < 4.78 is 0. The number of hydrogen-bond acceptors (Lipinski definition) is 1. The highest BCUT2D eigenvalue weighted by Gasteiger charge is 2.15. The van der Waals surface area contributed by atoms with Gasteiger partial charge in [0.2, 0.25) is 0 Å². The molecule has 0 bridgehead atoms. The molecule has 1 aliphatic carbocycles. The molecular weight excluding hydrogens is 146 g/mol. The Labute approximate surface area is 74.4 Å². The zero-order valence-corrected chi connectivity index (χ0v) is 7.50. The molecule has 0 aliphatic heterocycles. The summed E-state index contributed by atoms with van der Waals surface area (Å²) in [4.78, 5) is 0. The van der Waals surface area contributed by atoms with Crippen LogP contribution in [0.4, 0.5) is 0 Å². The molecule has 0 radical (unpaired) electrons. The smallest absolute Gasteiger partial charge is 0.0162 e. The highest BCUT2D eigenvalue weighted by Crippen LogP contribution is 2.33. The Kier molecular flexibility index (Phi) is 3.30. The van der Waals surface area contributed by atoms with Gasteiger partial charge in [0.15, 0.2) is 0 Å². The molecule has 1 aromatic rings. The van der Waals surface area contributed by atoms with Crippen LogP contribution in [0.2, 0.25) is 0 Å². The predicted octanol–water partition coefficient (Wildman–Crippen LogP) is 3.51. The van der Waals surface area contributed by atoms with E-state index < -0.39 is 0 Å². The van der Waals surface area contributed by atoms with Gasteiger partial charge in [-0.15, -0.1) is 0 Å². The maximum Gasteiger partial charge on any atom is -0.0162 e. The van der Waals surface area contributed by atoms with Gasteiger partial charge in [0.1, 0.15) is 0 Å². The number of benzene rings is 1. The molecule has 0 saturated heterocycles. The van der Waals surface area contributed by atoms with E-state index in [1.54, 1.807) is 5.56 Å². The van der Waals surface area contributed by atoms with Gasteiger partial charge in [-0.05, 0) is 24.3 Å². The average Bonchev–Trinajstić information content (AvgIpc) is 2.58. The van der Waals surface area contributed by atoms with E-state index >= 15 is 0 Å². The molecule has 0 unspecified atom stereocenters. The maximum atomic E-state index is 2.26. The van der Waals surface area contributed by atoms with Crippen LogP contribution >= 0.6 is 0 Å². The van der Waals surface area contributed by atoms with Crippen LogP contribution in [0, 0.1) is 0 Å². The number of rotatable bonds is 1. The van der Waals surface area contributed by atoms with Crippen LogP contribution in [0.1, 0.15) is 37.2 Å². The topological polar surface area (TPSA) is 35.0 Å². The minimum Gasteiger partial charge on any atom is -0.344 e. The van der Waals surface area contributed by atoms with Crippen LogP contribution in [0.3, 0.4) is 0 Å². The fourth-order valence-electron chi connectivity index (χ4n) is 1.98. The minimum absolute atomic E-state index is 0. The largest absolute Gasteiger partial charge is 0.344 e. The Hall–Kier alpha value is -0.820. The Morgan fingerprint density at radius 2 is 1.50 bits per heavy atom. The first-order valence-electron chi connectivity index (χ1n) is 4.52. The fourth-order valence-corrected chi connectivity index (χ4v) is 1.98. The third kappa shape index (κ3) is 1.86. The molecule has 1 fully saturated rings. The van der Waals surface area contributed by atoms with Crippen LogP contribution in [0.25, 0.3) is 0 Å². The van der Waals surface area contributed by atoms with E-state index in [0.29, 0.717) is 0 Å². The normalized spacial score (nSPS) is 17.3. The van der Waals surface area contributed by atoms with Gasteiger partial charge in [-0.2, -0.15) is 0 Å². The van der Waals surface area contributed by atoms with Crippen molar-refractivity contribution in [3.05, 3.63) is 35.9 Å². The summed E-state index contributed by atoms with van der Waals surface area (Å²) in [5, 5.41) is 0. The zero-order valence-electron chi connectivity index (χ0n) is 7.50. The van der Waals surface area contributed by atoms with Gasteiger partial charge >= 0.3 is 0 Å². The molecule has 3 N–H and O–H groups in total. The van der Waals surface area contributed by atoms with Crippen molar-refractivity contribution in [1.82, 2.24) is 6.15 Å². The van der Waals surface area contributed by atoms with E-state index in [0.717, 1.165) is 5.92 Å². The van der Waals surface area contributed by atoms with E-state index in [2.05, 4.69) is 30.3 Å². The van der Waals surface area contributed by atoms with Gasteiger partial charge in [0.25, 0.3) is 0 Å². The van der Waals surface area contributed by atoms with Crippen LogP contribution in [-0.2, 0) is 0 Å². The van der Waals surface area contributed by atoms with Crippen LogP contribution in [0.5, 0.6) is 0 Å². The Morgan fingerprint density at radius 3 is 2.08 bits per heavy atom. The van der Waals surface area contributed by atoms with Crippen LogP contribution < -0.4 is 6.15 Å². The average molecular weight is 163 g/mol. The molecule has 0 amide bonds. The third-order valence-electron chi connectivity index (χ3n) is 2.63. The quantitative estimate of drug-likeness (QED) is 0.675. The molecule has 1 heteroatoms. The Balaban J connectivity index is 0.000000720. The van der Waals surface area contributed by atoms with Gasteiger partial charge in [0.05, 0.1) is 0 Å². The molecule has 0 atom stereocenters. The summed E-state index contributed by atoms with van der Waals surface area (Å²) in [5.41, 5.74) is 1.55. The van der Waals surface area contributed by atoms with E-state index in [-0.39, 0.29) is 6.15 Å². The molecule has 66 valence electrons. The molecule has 0 spiro atoms. The Bertz CT molecular complexity index is 212. The van der Waals surface area contributed by atoms with Gasteiger partial charge in [-0.3, -0.25) is 0 Å². The second-order valence-electron chi connectivity index (χ2n) is 3.39. The molecule has 0 aromatic heterocycles. The van der Waals surface area contributed by atoms with E-state index in [1.165, 1.54) is 25.7 Å². The molecule has 1 nitrogen and oxygen atoms in total. The SMILES string of the molecule is N.c1ccc(C2CCCC2)cc1. The van der Waals surface area contributed by atoms with E-state index in [1.807, 2.05) is 0 Å². The van der Waals surface area contributed by atoms with Crippen molar-refractivity contribution >= 4 is 0 Å². The lowest BCUT2D eigenvalue weighted by molar-refractivity contribution is 0.723.